The van der Waals surface area contributed by atoms with Gasteiger partial charge in [0.05, 0.1) is 55.9 Å². The van der Waals surface area contributed by atoms with Crippen LogP contribution in [0.4, 0.5) is 0 Å². The van der Waals surface area contributed by atoms with Crippen LogP contribution in [0.3, 0.4) is 0 Å². The molecule has 0 amide bonds. The number of ether oxygens (including phenoxy) is 6. The second-order valence-corrected chi connectivity index (χ2v) is 35.4. The Kier molecular flexibility index (Phi) is 19.3. The molecular weight excluding hydrogens is 921 g/mol. The van der Waals surface area contributed by atoms with E-state index in [1.807, 2.05) is 47.8 Å². The molecule has 2 aromatic carbocycles. The van der Waals surface area contributed by atoms with Crippen molar-refractivity contribution < 1.29 is 37.6 Å². The molecule has 0 saturated carbocycles. The fourth-order valence-corrected chi connectivity index (χ4v) is 24.8. The van der Waals surface area contributed by atoms with Gasteiger partial charge in [0.15, 0.2) is 5.78 Å². The smallest absolute Gasteiger partial charge is 0.272 e. The first-order valence-electron chi connectivity index (χ1n) is 26.0. The van der Waals surface area contributed by atoms with Crippen LogP contribution in [0.2, 0.25) is 40.3 Å². The Balaban J connectivity index is 1.16. The van der Waals surface area contributed by atoms with Crippen LogP contribution >= 0.6 is 23.5 Å². The molecule has 5 aliphatic heterocycles. The minimum absolute atomic E-state index is 0.0107. The third-order valence-corrected chi connectivity index (χ3v) is 31.5. The van der Waals surface area contributed by atoms with Crippen molar-refractivity contribution in [2.24, 2.45) is 0 Å². The van der Waals surface area contributed by atoms with Gasteiger partial charge in [0.1, 0.15) is 36.6 Å². The van der Waals surface area contributed by atoms with Crippen LogP contribution in [0.1, 0.15) is 112 Å². The van der Waals surface area contributed by atoms with Crippen molar-refractivity contribution in [2.75, 3.05) is 11.5 Å². The van der Waals surface area contributed by atoms with Crippen molar-refractivity contribution in [2.45, 2.75) is 220 Å². The van der Waals surface area contributed by atoms with Crippen LogP contribution < -0.4 is 0 Å². The molecule has 0 spiro atoms. The van der Waals surface area contributed by atoms with Crippen LogP contribution in [0.15, 0.2) is 85.0 Å². The van der Waals surface area contributed by atoms with Crippen LogP contribution in [0, 0.1) is 12.0 Å². The van der Waals surface area contributed by atoms with Crippen molar-refractivity contribution in [3.63, 3.8) is 0 Å². The van der Waals surface area contributed by atoms with Gasteiger partial charge in [-0.2, -0.15) is 0 Å². The molecule has 12 heteroatoms. The van der Waals surface area contributed by atoms with Crippen LogP contribution in [0.5, 0.6) is 0 Å². The molecule has 2 aromatic rings. The minimum atomic E-state index is -2.12. The van der Waals surface area contributed by atoms with E-state index < -0.39 is 28.6 Å². The number of carbonyl (C=O) groups excluding carboxylic acids is 1. The Morgan fingerprint density at radius 3 is 1.87 bits per heavy atom. The van der Waals surface area contributed by atoms with Gasteiger partial charge in [-0.25, -0.2) is 0 Å². The highest BCUT2D eigenvalue weighted by Gasteiger charge is 2.56. The number of allylic oxidation sites excluding steroid dienone is 1. The van der Waals surface area contributed by atoms with Gasteiger partial charge in [0, 0.05) is 12.0 Å². The first-order valence-corrected chi connectivity index (χ1v) is 32.8. The predicted octanol–water partition coefficient (Wildman–Crippen LogP) is 13.1. The quantitative estimate of drug-likeness (QED) is 0.0818. The number of Topliss-reactive ketones (excluding diaryl/α,β-unsaturated/α-hetero) is 1. The normalized spacial score (nSPS) is 30.8. The first kappa shape index (κ1) is 53.6. The van der Waals surface area contributed by atoms with Crippen LogP contribution in [-0.4, -0.2) is 98.8 Å². The Morgan fingerprint density at radius 1 is 0.735 bits per heavy atom. The van der Waals surface area contributed by atoms with E-state index in [1.54, 1.807) is 0 Å². The molecule has 0 bridgehead atoms. The monoisotopic (exact) mass is 1000 g/mol. The molecule has 0 aliphatic carbocycles. The maximum Gasteiger partial charge on any atom is 0.272 e. The summed E-state index contributed by atoms with van der Waals surface area (Å²) in [7, 11) is -4.17. The van der Waals surface area contributed by atoms with Crippen LogP contribution in [-0.2, 0) is 50.9 Å². The van der Waals surface area contributed by atoms with Crippen molar-refractivity contribution >= 4 is 45.7 Å². The van der Waals surface area contributed by atoms with E-state index in [0.29, 0.717) is 49.1 Å². The van der Waals surface area contributed by atoms with Gasteiger partial charge in [0.25, 0.3) is 8.32 Å². The Morgan fingerprint density at radius 2 is 1.29 bits per heavy atom. The van der Waals surface area contributed by atoms with Crippen molar-refractivity contribution in [1.82, 2.24) is 0 Å². The lowest BCUT2D eigenvalue weighted by atomic mass is 9.86. The van der Waals surface area contributed by atoms with Crippen molar-refractivity contribution in [3.05, 3.63) is 96.1 Å². The fraction of sp³-hybridized carbons (Fsp3) is 0.661. The van der Waals surface area contributed by atoms with Gasteiger partial charge < -0.3 is 32.8 Å². The number of hydrogen-bond acceptors (Lipinski definition) is 10. The number of benzene rings is 2. The molecule has 7 rings (SSSR count). The third-order valence-electron chi connectivity index (χ3n) is 16.2. The molecule has 374 valence electrons. The van der Waals surface area contributed by atoms with Gasteiger partial charge >= 0.3 is 0 Å². The number of thioether (sulfide) groups is 2. The molecule has 0 unspecified atom stereocenters. The molecule has 5 aliphatic rings. The number of carbonyl (C=O) groups is 1. The van der Waals surface area contributed by atoms with E-state index in [1.165, 1.54) is 6.42 Å². The minimum Gasteiger partial charge on any atom is -0.499 e. The number of fused-ring (bicyclic) bond motifs is 3. The third kappa shape index (κ3) is 12.4. The maximum atomic E-state index is 14.9. The van der Waals surface area contributed by atoms with E-state index in [9.17, 15) is 4.79 Å². The molecule has 11 atom stereocenters. The highest BCUT2D eigenvalue weighted by Crippen LogP contribution is 2.50. The summed E-state index contributed by atoms with van der Waals surface area (Å²) in [5.41, 5.74) is 3.47. The molecule has 0 radical (unpaired) electrons. The summed E-state index contributed by atoms with van der Waals surface area (Å²) in [5.74, 6) is 5.69. The van der Waals surface area contributed by atoms with Crippen molar-refractivity contribution in [3.8, 4) is 12.0 Å². The van der Waals surface area contributed by atoms with Gasteiger partial charge in [-0.1, -0.05) is 159 Å². The Hall–Kier alpha value is -2.16. The average molecular weight is 1000 g/mol. The van der Waals surface area contributed by atoms with Gasteiger partial charge in [-0.15, -0.1) is 23.5 Å². The zero-order valence-corrected chi connectivity index (χ0v) is 46.4. The lowest BCUT2D eigenvalue weighted by Gasteiger charge is -2.52. The van der Waals surface area contributed by atoms with Crippen molar-refractivity contribution in [1.29, 1.82) is 0 Å². The van der Waals surface area contributed by atoms with E-state index >= 15 is 0 Å². The predicted molar refractivity (Wildman–Crippen MR) is 285 cm³/mol. The molecule has 4 saturated heterocycles. The average Bonchev–Trinajstić information content (AvgIpc) is 3.57. The summed E-state index contributed by atoms with van der Waals surface area (Å²) < 4.78 is 49.4. The standard InChI is InChI=1S/C56H82O8S2Si2/c1-11-67(12-2,13-3)51-35-48-44(61-46(52(51)57)28-21-16-22-31-60-68(39(4)5,40(6)7)41(8)9)29-30-45-47(62-48)34-49-54(64-45)55(59-38-43-26-19-15-20-27-43)53(58-37-42-24-17-14-18-25-42)50(63-49)36-56(10)65-32-23-33-66-56/h14-21,24-27,29-30,39-41,44-51,53-55H,11-13,23,28,32-38H2,1-10H3/b21-16+/t44-,45+,46+,47-,48+,49+,50-,51+,53-,54+,55+/m0/s1. The second kappa shape index (κ2) is 24.5. The SMILES string of the molecule is CC[Si](CC)(CC)[C@@H]1C[C@H]2O[C@H]3C[C@H]4O[C@@H](CC5(C)SCCCS5)[C@H](OCc5ccccc5)[C@@H](OCc5ccccc5)[C@@H]4O[C@@H]3C=C[C@@H]2O[C@H](C/C=C/C#CO[Si](C(C)C)(C(C)C)C(C)C)C1=O. The second-order valence-electron chi connectivity index (χ2n) is 21.0. The molecule has 5 heterocycles. The lowest BCUT2D eigenvalue weighted by Crippen LogP contribution is -2.65. The van der Waals surface area contributed by atoms with E-state index in [-0.39, 0.29) is 64.2 Å². The topological polar surface area (TPSA) is 81.7 Å². The molecule has 0 N–H and O–H groups in total. The molecule has 68 heavy (non-hydrogen) atoms. The highest BCUT2D eigenvalue weighted by molar-refractivity contribution is 8.18. The zero-order valence-electron chi connectivity index (χ0n) is 42.7. The number of rotatable bonds is 18. The molecule has 8 nitrogen and oxygen atoms in total. The summed E-state index contributed by atoms with van der Waals surface area (Å²) in [6.45, 7) is 23.8. The Labute approximate surface area is 420 Å². The van der Waals surface area contributed by atoms with E-state index in [4.69, 9.17) is 32.8 Å². The number of hydrogen-bond donors (Lipinski definition) is 0. The summed E-state index contributed by atoms with van der Waals surface area (Å²) >= 11 is 4.08. The van der Waals surface area contributed by atoms with E-state index in [2.05, 4.69) is 142 Å². The summed E-state index contributed by atoms with van der Waals surface area (Å²) in [5, 5.41) is 0. The largest absolute Gasteiger partial charge is 0.499 e. The lowest BCUT2D eigenvalue weighted by molar-refractivity contribution is -0.300. The molecular formula is C56H82O8S2Si2. The van der Waals surface area contributed by atoms with Crippen LogP contribution in [0.25, 0.3) is 0 Å². The van der Waals surface area contributed by atoms with E-state index in [0.717, 1.165) is 47.2 Å². The first-order chi connectivity index (χ1) is 32.8. The van der Waals surface area contributed by atoms with Gasteiger partial charge in [0.2, 0.25) is 0 Å². The summed E-state index contributed by atoms with van der Waals surface area (Å²) in [6, 6.07) is 23.9. The molecule has 0 aromatic heterocycles. The van der Waals surface area contributed by atoms with Gasteiger partial charge in [-0.3, -0.25) is 4.79 Å². The highest BCUT2D eigenvalue weighted by atomic mass is 32.2. The fourth-order valence-electron chi connectivity index (χ4n) is 12.3. The zero-order chi connectivity index (χ0) is 48.5. The maximum absolute atomic E-state index is 14.9. The summed E-state index contributed by atoms with van der Waals surface area (Å²) in [4.78, 5) is 14.9. The summed E-state index contributed by atoms with van der Waals surface area (Å²) in [6.07, 6.45) is 11.5. The Bertz CT molecular complexity index is 1980. The number of ketones is 1. The molecule has 4 fully saturated rings. The van der Waals surface area contributed by atoms with Gasteiger partial charge in [-0.05, 0) is 83.9 Å².